The molecule has 1 heterocycles. The van der Waals surface area contributed by atoms with Gasteiger partial charge in [-0.05, 0) is 27.2 Å². The van der Waals surface area contributed by atoms with E-state index in [-0.39, 0.29) is 17.5 Å². The summed E-state index contributed by atoms with van der Waals surface area (Å²) in [5, 5.41) is 10.7. The number of carbonyl (C=O) groups excluding carboxylic acids is 1. The van der Waals surface area contributed by atoms with Gasteiger partial charge in [0.25, 0.3) is 0 Å². The van der Waals surface area contributed by atoms with Crippen LogP contribution in [0.1, 0.15) is 45.9 Å². The molecule has 1 aromatic heterocycles. The van der Waals surface area contributed by atoms with E-state index in [0.717, 1.165) is 6.42 Å². The van der Waals surface area contributed by atoms with Gasteiger partial charge in [-0.1, -0.05) is 12.1 Å². The van der Waals surface area contributed by atoms with Crippen LogP contribution in [0.15, 0.2) is 6.20 Å². The Morgan fingerprint density at radius 1 is 1.65 bits per heavy atom. The molecule has 96 valence electrons. The smallest absolute Gasteiger partial charge is 0.245 e. The lowest BCUT2D eigenvalue weighted by Crippen LogP contribution is -2.45. The maximum Gasteiger partial charge on any atom is 0.245 e. The Labute approximate surface area is 102 Å². The predicted octanol–water partition coefficient (Wildman–Crippen LogP) is 0.603. The van der Waals surface area contributed by atoms with Gasteiger partial charge in [-0.2, -0.15) is 0 Å². The summed E-state index contributed by atoms with van der Waals surface area (Å²) in [7, 11) is 0. The number of hydrogen-bond donors (Lipinski definition) is 2. The van der Waals surface area contributed by atoms with Crippen molar-refractivity contribution in [2.24, 2.45) is 5.73 Å². The highest BCUT2D eigenvalue weighted by Crippen LogP contribution is 2.11. The minimum absolute atomic E-state index is 0.0645. The summed E-state index contributed by atoms with van der Waals surface area (Å²) in [4.78, 5) is 12.0. The molecule has 0 bridgehead atoms. The van der Waals surface area contributed by atoms with Crippen LogP contribution in [0.5, 0.6) is 0 Å². The van der Waals surface area contributed by atoms with E-state index in [0.29, 0.717) is 12.2 Å². The second-order valence-electron chi connectivity index (χ2n) is 4.80. The molecule has 0 aliphatic carbocycles. The molecular formula is C11H21N5O. The predicted molar refractivity (Wildman–Crippen MR) is 65.1 cm³/mol. The highest BCUT2D eigenvalue weighted by Gasteiger charge is 2.23. The normalized spacial score (nSPS) is 13.5. The minimum Gasteiger partial charge on any atom is -0.349 e. The Kier molecular flexibility index (Phi) is 4.22. The van der Waals surface area contributed by atoms with E-state index in [4.69, 9.17) is 5.73 Å². The average Bonchev–Trinajstić information content (AvgIpc) is 2.76. The molecule has 0 aromatic carbocycles. The molecule has 1 aromatic rings. The van der Waals surface area contributed by atoms with E-state index >= 15 is 0 Å². The number of rotatable bonds is 5. The van der Waals surface area contributed by atoms with Crippen LogP contribution in [0, 0.1) is 0 Å². The molecule has 1 unspecified atom stereocenters. The lowest BCUT2D eigenvalue weighted by molar-refractivity contribution is -0.125. The first-order chi connectivity index (χ1) is 7.89. The van der Waals surface area contributed by atoms with Gasteiger partial charge < -0.3 is 11.1 Å². The number of hydrogen-bond acceptors (Lipinski definition) is 4. The lowest BCUT2D eigenvalue weighted by atomic mass is 10.0. The van der Waals surface area contributed by atoms with Gasteiger partial charge in [0, 0.05) is 12.1 Å². The Morgan fingerprint density at radius 3 is 2.76 bits per heavy atom. The molecule has 1 rings (SSSR count). The zero-order chi connectivity index (χ0) is 13.1. The Hall–Kier alpha value is -1.43. The highest BCUT2D eigenvalue weighted by atomic mass is 16.2. The van der Waals surface area contributed by atoms with E-state index in [1.807, 2.05) is 20.8 Å². The second-order valence-corrected chi connectivity index (χ2v) is 4.80. The van der Waals surface area contributed by atoms with Gasteiger partial charge in [-0.3, -0.25) is 4.79 Å². The Balaban J connectivity index is 2.69. The van der Waals surface area contributed by atoms with Gasteiger partial charge in [0.1, 0.15) is 6.04 Å². The van der Waals surface area contributed by atoms with Crippen LogP contribution in [-0.4, -0.2) is 26.4 Å². The molecule has 1 atom stereocenters. The van der Waals surface area contributed by atoms with Crippen molar-refractivity contribution in [1.82, 2.24) is 20.3 Å². The maximum absolute atomic E-state index is 12.0. The summed E-state index contributed by atoms with van der Waals surface area (Å²) in [5.41, 5.74) is 5.92. The fraction of sp³-hybridized carbons (Fsp3) is 0.727. The number of carbonyl (C=O) groups is 1. The average molecular weight is 239 g/mol. The third kappa shape index (κ3) is 3.52. The Bertz CT molecular complexity index is 385. The van der Waals surface area contributed by atoms with Gasteiger partial charge in [0.2, 0.25) is 5.91 Å². The molecule has 6 nitrogen and oxygen atoms in total. The molecule has 0 fully saturated rings. The van der Waals surface area contributed by atoms with Gasteiger partial charge in [0.15, 0.2) is 0 Å². The summed E-state index contributed by atoms with van der Waals surface area (Å²) in [6, 6.07) is -0.381. The quantitative estimate of drug-likeness (QED) is 0.788. The van der Waals surface area contributed by atoms with Crippen molar-refractivity contribution < 1.29 is 4.79 Å². The summed E-state index contributed by atoms with van der Waals surface area (Å²) in [6.45, 7) is 8.13. The van der Waals surface area contributed by atoms with Crippen LogP contribution in [0.2, 0.25) is 0 Å². The SMILES string of the molecule is CCC(C)(C)NC(=O)C(C)n1cc(CN)nn1. The molecule has 0 saturated heterocycles. The number of nitrogens with one attached hydrogen (secondary N) is 1. The molecule has 0 spiro atoms. The van der Waals surface area contributed by atoms with Crippen molar-refractivity contribution in [3.05, 3.63) is 11.9 Å². The van der Waals surface area contributed by atoms with Crippen molar-refractivity contribution in [3.8, 4) is 0 Å². The number of amides is 1. The van der Waals surface area contributed by atoms with Gasteiger partial charge >= 0.3 is 0 Å². The molecular weight excluding hydrogens is 218 g/mol. The van der Waals surface area contributed by atoms with Crippen molar-refractivity contribution in [1.29, 1.82) is 0 Å². The zero-order valence-corrected chi connectivity index (χ0v) is 10.9. The van der Waals surface area contributed by atoms with Crippen LogP contribution in [0.25, 0.3) is 0 Å². The van der Waals surface area contributed by atoms with E-state index < -0.39 is 0 Å². The Morgan fingerprint density at radius 2 is 2.29 bits per heavy atom. The van der Waals surface area contributed by atoms with Gasteiger partial charge in [-0.15, -0.1) is 5.10 Å². The standard InChI is InChI=1S/C11H21N5O/c1-5-11(3,4)13-10(17)8(2)16-7-9(6-12)14-15-16/h7-8H,5-6,12H2,1-4H3,(H,13,17). The molecule has 3 N–H and O–H groups in total. The number of nitrogens with zero attached hydrogens (tertiary/aromatic N) is 3. The summed E-state index contributed by atoms with van der Waals surface area (Å²) in [6.07, 6.45) is 2.57. The largest absolute Gasteiger partial charge is 0.349 e. The molecule has 17 heavy (non-hydrogen) atoms. The molecule has 1 amide bonds. The summed E-state index contributed by atoms with van der Waals surface area (Å²) < 4.78 is 1.53. The fourth-order valence-electron chi connectivity index (χ4n) is 1.24. The van der Waals surface area contributed by atoms with Crippen molar-refractivity contribution in [2.75, 3.05) is 0 Å². The van der Waals surface area contributed by atoms with Gasteiger partial charge in [-0.25, -0.2) is 4.68 Å². The maximum atomic E-state index is 12.0. The van der Waals surface area contributed by atoms with Crippen LogP contribution >= 0.6 is 0 Å². The second kappa shape index (κ2) is 5.27. The fourth-order valence-corrected chi connectivity index (χ4v) is 1.24. The zero-order valence-electron chi connectivity index (χ0n) is 10.9. The minimum atomic E-state index is -0.381. The molecule has 6 heteroatoms. The number of aromatic nitrogens is 3. The van der Waals surface area contributed by atoms with Crippen LogP contribution in [0.4, 0.5) is 0 Å². The van der Waals surface area contributed by atoms with Crippen LogP contribution < -0.4 is 11.1 Å². The van der Waals surface area contributed by atoms with E-state index in [2.05, 4.69) is 15.6 Å². The third-order valence-electron chi connectivity index (χ3n) is 2.89. The van der Waals surface area contributed by atoms with E-state index in [1.54, 1.807) is 13.1 Å². The van der Waals surface area contributed by atoms with E-state index in [9.17, 15) is 4.79 Å². The highest BCUT2D eigenvalue weighted by molar-refractivity contribution is 5.80. The molecule has 0 radical (unpaired) electrons. The van der Waals surface area contributed by atoms with Crippen LogP contribution in [-0.2, 0) is 11.3 Å². The monoisotopic (exact) mass is 239 g/mol. The lowest BCUT2D eigenvalue weighted by Gasteiger charge is -2.26. The first-order valence-electron chi connectivity index (χ1n) is 5.82. The van der Waals surface area contributed by atoms with Crippen molar-refractivity contribution >= 4 is 5.91 Å². The van der Waals surface area contributed by atoms with Gasteiger partial charge in [0.05, 0.1) is 11.9 Å². The van der Waals surface area contributed by atoms with E-state index in [1.165, 1.54) is 4.68 Å². The first-order valence-corrected chi connectivity index (χ1v) is 5.82. The van der Waals surface area contributed by atoms with Crippen LogP contribution in [0.3, 0.4) is 0 Å². The summed E-state index contributed by atoms with van der Waals surface area (Å²) >= 11 is 0. The molecule has 0 aliphatic heterocycles. The first kappa shape index (κ1) is 13.6. The summed E-state index contributed by atoms with van der Waals surface area (Å²) in [5.74, 6) is -0.0645. The topological polar surface area (TPSA) is 85.8 Å². The number of nitrogens with two attached hydrogens (primary N) is 1. The van der Waals surface area contributed by atoms with Crippen molar-refractivity contribution in [2.45, 2.75) is 52.2 Å². The molecule has 0 saturated carbocycles. The molecule has 0 aliphatic rings. The third-order valence-corrected chi connectivity index (χ3v) is 2.89. The van der Waals surface area contributed by atoms with Crippen molar-refractivity contribution in [3.63, 3.8) is 0 Å².